The standard InChI is InChI=1S/C15H20F3N/c1-13(2)12(14(13,3)4)9-19-11-8-6-5-7-10(11)15(16,17)18/h5-8,12,19H,9H2,1-4H3. The Balaban J connectivity index is 2.10. The maximum absolute atomic E-state index is 12.9. The molecule has 0 spiro atoms. The lowest BCUT2D eigenvalue weighted by Crippen LogP contribution is -2.14. The lowest BCUT2D eigenvalue weighted by Gasteiger charge is -2.14. The summed E-state index contributed by atoms with van der Waals surface area (Å²) >= 11 is 0. The van der Waals surface area contributed by atoms with Crippen LogP contribution in [0.15, 0.2) is 24.3 Å². The normalized spacial score (nSPS) is 21.2. The fourth-order valence-electron chi connectivity index (χ4n) is 2.94. The molecule has 0 bridgehead atoms. The number of anilines is 1. The summed E-state index contributed by atoms with van der Waals surface area (Å²) in [6, 6.07) is 5.65. The van der Waals surface area contributed by atoms with Gasteiger partial charge in [0, 0.05) is 12.2 Å². The molecule has 4 heteroatoms. The highest BCUT2D eigenvalue weighted by Gasteiger charge is 2.64. The first-order chi connectivity index (χ1) is 8.58. The zero-order valence-electron chi connectivity index (χ0n) is 11.7. The number of alkyl halides is 3. The molecule has 19 heavy (non-hydrogen) atoms. The van der Waals surface area contributed by atoms with E-state index in [1.54, 1.807) is 6.07 Å². The molecule has 0 aliphatic heterocycles. The van der Waals surface area contributed by atoms with Crippen LogP contribution in [0.3, 0.4) is 0 Å². The fourth-order valence-corrected chi connectivity index (χ4v) is 2.94. The van der Waals surface area contributed by atoms with Crippen molar-refractivity contribution in [1.82, 2.24) is 0 Å². The predicted octanol–water partition coefficient (Wildman–Crippen LogP) is 4.80. The van der Waals surface area contributed by atoms with E-state index < -0.39 is 11.7 Å². The monoisotopic (exact) mass is 271 g/mol. The van der Waals surface area contributed by atoms with Crippen molar-refractivity contribution < 1.29 is 13.2 Å². The molecule has 0 amide bonds. The first-order valence-electron chi connectivity index (χ1n) is 6.48. The Morgan fingerprint density at radius 3 is 2.05 bits per heavy atom. The third-order valence-electron chi connectivity index (χ3n) is 5.05. The van der Waals surface area contributed by atoms with E-state index in [1.165, 1.54) is 12.1 Å². The van der Waals surface area contributed by atoms with Crippen LogP contribution in [0.2, 0.25) is 0 Å². The molecule has 1 N–H and O–H groups in total. The van der Waals surface area contributed by atoms with Gasteiger partial charge in [-0.25, -0.2) is 0 Å². The molecule has 0 saturated heterocycles. The van der Waals surface area contributed by atoms with Gasteiger partial charge in [0.2, 0.25) is 0 Å². The lowest BCUT2D eigenvalue weighted by molar-refractivity contribution is -0.136. The van der Waals surface area contributed by atoms with E-state index in [4.69, 9.17) is 0 Å². The average molecular weight is 271 g/mol. The van der Waals surface area contributed by atoms with Crippen LogP contribution in [-0.2, 0) is 6.18 Å². The Hall–Kier alpha value is -1.19. The van der Waals surface area contributed by atoms with Gasteiger partial charge in [-0.3, -0.25) is 0 Å². The Kier molecular flexibility index (Phi) is 3.11. The molecule has 1 aromatic rings. The number of para-hydroxylation sites is 1. The second-order valence-electron chi connectivity index (χ2n) is 6.42. The van der Waals surface area contributed by atoms with Crippen LogP contribution < -0.4 is 5.32 Å². The van der Waals surface area contributed by atoms with Crippen molar-refractivity contribution in [3.63, 3.8) is 0 Å². The summed E-state index contributed by atoms with van der Waals surface area (Å²) in [6.45, 7) is 9.22. The van der Waals surface area contributed by atoms with Gasteiger partial charge < -0.3 is 5.32 Å². The largest absolute Gasteiger partial charge is 0.418 e. The van der Waals surface area contributed by atoms with Crippen molar-refractivity contribution in [2.75, 3.05) is 11.9 Å². The number of benzene rings is 1. The molecule has 1 aliphatic rings. The molecular formula is C15H20F3N. The van der Waals surface area contributed by atoms with Gasteiger partial charge >= 0.3 is 6.18 Å². The SMILES string of the molecule is CC1(C)C(CNc2ccccc2C(F)(F)F)C1(C)C. The third-order valence-corrected chi connectivity index (χ3v) is 5.05. The minimum Gasteiger partial charge on any atom is -0.384 e. The zero-order chi connectivity index (χ0) is 14.5. The predicted molar refractivity (Wildman–Crippen MR) is 71.0 cm³/mol. The Morgan fingerprint density at radius 2 is 1.58 bits per heavy atom. The molecule has 106 valence electrons. The summed E-state index contributed by atoms with van der Waals surface area (Å²) < 4.78 is 38.6. The van der Waals surface area contributed by atoms with Gasteiger partial charge in [0.05, 0.1) is 5.56 Å². The summed E-state index contributed by atoms with van der Waals surface area (Å²) in [6.07, 6.45) is -4.31. The van der Waals surface area contributed by atoms with Crippen molar-refractivity contribution in [1.29, 1.82) is 0 Å². The van der Waals surface area contributed by atoms with Crippen molar-refractivity contribution in [2.24, 2.45) is 16.7 Å². The maximum atomic E-state index is 12.9. The van der Waals surface area contributed by atoms with E-state index in [1.807, 2.05) is 0 Å². The molecular weight excluding hydrogens is 251 g/mol. The third kappa shape index (κ3) is 2.33. The highest BCUT2D eigenvalue weighted by molar-refractivity contribution is 5.52. The van der Waals surface area contributed by atoms with Crippen LogP contribution in [0.5, 0.6) is 0 Å². The minimum atomic E-state index is -4.31. The fraction of sp³-hybridized carbons (Fsp3) is 0.600. The second kappa shape index (κ2) is 4.15. The van der Waals surface area contributed by atoms with Crippen LogP contribution in [0.1, 0.15) is 33.3 Å². The molecule has 1 saturated carbocycles. The minimum absolute atomic E-state index is 0.174. The van der Waals surface area contributed by atoms with Gasteiger partial charge in [0.1, 0.15) is 0 Å². The molecule has 1 fully saturated rings. The van der Waals surface area contributed by atoms with Crippen LogP contribution >= 0.6 is 0 Å². The molecule has 0 aromatic heterocycles. The first kappa shape index (κ1) is 14.2. The van der Waals surface area contributed by atoms with E-state index >= 15 is 0 Å². The van der Waals surface area contributed by atoms with Gasteiger partial charge in [-0.1, -0.05) is 39.8 Å². The van der Waals surface area contributed by atoms with Gasteiger partial charge in [-0.15, -0.1) is 0 Å². The van der Waals surface area contributed by atoms with Crippen LogP contribution in [0.4, 0.5) is 18.9 Å². The van der Waals surface area contributed by atoms with Crippen LogP contribution in [0.25, 0.3) is 0 Å². The average Bonchev–Trinajstić information content (AvgIpc) is 2.66. The van der Waals surface area contributed by atoms with E-state index in [2.05, 4.69) is 33.0 Å². The van der Waals surface area contributed by atoms with E-state index in [0.717, 1.165) is 6.07 Å². The van der Waals surface area contributed by atoms with Gasteiger partial charge in [0.15, 0.2) is 0 Å². The van der Waals surface area contributed by atoms with E-state index in [0.29, 0.717) is 12.5 Å². The van der Waals surface area contributed by atoms with Crippen molar-refractivity contribution in [2.45, 2.75) is 33.9 Å². The molecule has 1 aliphatic carbocycles. The number of hydrogen-bond donors (Lipinski definition) is 1. The highest BCUT2D eigenvalue weighted by atomic mass is 19.4. The smallest absolute Gasteiger partial charge is 0.384 e. The highest BCUT2D eigenvalue weighted by Crippen LogP contribution is 2.68. The Morgan fingerprint density at radius 1 is 1.05 bits per heavy atom. The Bertz CT molecular complexity index is 461. The summed E-state index contributed by atoms with van der Waals surface area (Å²) in [4.78, 5) is 0. The number of nitrogens with one attached hydrogen (secondary N) is 1. The quantitative estimate of drug-likeness (QED) is 0.832. The molecule has 0 atom stereocenters. The zero-order valence-corrected chi connectivity index (χ0v) is 11.7. The van der Waals surface area contributed by atoms with Gasteiger partial charge in [0.25, 0.3) is 0 Å². The Labute approximate surface area is 112 Å². The molecule has 1 aromatic carbocycles. The van der Waals surface area contributed by atoms with E-state index in [9.17, 15) is 13.2 Å². The van der Waals surface area contributed by atoms with Crippen molar-refractivity contribution in [3.8, 4) is 0 Å². The molecule has 2 rings (SSSR count). The number of rotatable bonds is 3. The van der Waals surface area contributed by atoms with Gasteiger partial charge in [-0.2, -0.15) is 13.2 Å². The van der Waals surface area contributed by atoms with Crippen molar-refractivity contribution in [3.05, 3.63) is 29.8 Å². The van der Waals surface area contributed by atoms with Crippen molar-refractivity contribution >= 4 is 5.69 Å². The van der Waals surface area contributed by atoms with Gasteiger partial charge in [-0.05, 0) is 28.9 Å². The van der Waals surface area contributed by atoms with E-state index in [-0.39, 0.29) is 16.5 Å². The molecule has 1 nitrogen and oxygen atoms in total. The van der Waals surface area contributed by atoms with Crippen LogP contribution in [0, 0.1) is 16.7 Å². The first-order valence-corrected chi connectivity index (χ1v) is 6.48. The lowest BCUT2D eigenvalue weighted by atomic mass is 10.0. The van der Waals surface area contributed by atoms with Crippen LogP contribution in [-0.4, -0.2) is 6.54 Å². The molecule has 0 unspecified atom stereocenters. The summed E-state index contributed by atoms with van der Waals surface area (Å²) in [5.41, 5.74) is -0.0693. The molecule has 0 heterocycles. The summed E-state index contributed by atoms with van der Waals surface area (Å²) in [7, 11) is 0. The summed E-state index contributed by atoms with van der Waals surface area (Å²) in [5, 5.41) is 2.97. The number of halogens is 3. The topological polar surface area (TPSA) is 12.0 Å². The molecule has 0 radical (unpaired) electrons. The number of hydrogen-bond acceptors (Lipinski definition) is 1. The maximum Gasteiger partial charge on any atom is 0.418 e. The second-order valence-corrected chi connectivity index (χ2v) is 6.42. The summed E-state index contributed by atoms with van der Waals surface area (Å²) in [5.74, 6) is 0.390.